The van der Waals surface area contributed by atoms with Crippen LogP contribution in [0.2, 0.25) is 0 Å². The van der Waals surface area contributed by atoms with E-state index in [2.05, 4.69) is 0 Å². The summed E-state index contributed by atoms with van der Waals surface area (Å²) in [6, 6.07) is 18.7. The second kappa shape index (κ2) is 42.5. The second-order valence-corrected chi connectivity index (χ2v) is 27.6. The van der Waals surface area contributed by atoms with E-state index < -0.39 is 133 Å². The zero-order valence-electron chi connectivity index (χ0n) is 61.5. The molecule has 12 unspecified atom stereocenters. The topological polar surface area (TPSA) is 92.3 Å². The molecule has 0 spiro atoms. The molecule has 6 rings (SSSR count). The molecule has 0 bridgehead atoms. The van der Waals surface area contributed by atoms with Crippen LogP contribution in [0.4, 0.5) is 114 Å². The van der Waals surface area contributed by atoms with Crippen LogP contribution in [-0.4, -0.2) is 192 Å². The van der Waals surface area contributed by atoms with Crippen molar-refractivity contribution in [2.75, 3.05) is 120 Å². The first-order chi connectivity index (χ1) is 52.3. The number of halogens is 26. The van der Waals surface area contributed by atoms with E-state index >= 15 is 17.6 Å². The molecule has 640 valence electrons. The molecule has 0 N–H and O–H groups in total. The van der Waals surface area contributed by atoms with Crippen molar-refractivity contribution in [3.63, 3.8) is 0 Å². The summed E-state index contributed by atoms with van der Waals surface area (Å²) >= 11 is 0. The van der Waals surface area contributed by atoms with Gasteiger partial charge in [0.05, 0.1) is 118 Å². The fourth-order valence-corrected chi connectivity index (χ4v) is 13.8. The van der Waals surface area contributed by atoms with Gasteiger partial charge in [0.25, 0.3) is 0 Å². The number of benzene rings is 2. The molecule has 12 atom stereocenters. The maximum Gasteiger partial charge on any atom is 0.460 e. The van der Waals surface area contributed by atoms with Gasteiger partial charge in [0.1, 0.15) is 0 Å². The lowest BCUT2D eigenvalue weighted by Gasteiger charge is -2.42. The number of hydrogen-bond acceptors (Lipinski definition) is 10. The van der Waals surface area contributed by atoms with Gasteiger partial charge in [-0.15, -0.1) is 0 Å². The van der Waals surface area contributed by atoms with Gasteiger partial charge in [0.15, 0.2) is 0 Å². The van der Waals surface area contributed by atoms with Crippen LogP contribution in [-0.2, 0) is 47.4 Å². The van der Waals surface area contributed by atoms with E-state index in [0.29, 0.717) is 91.8 Å². The van der Waals surface area contributed by atoms with Crippen LogP contribution < -0.4 is 0 Å². The number of ether oxygens (including phenoxy) is 10. The smallest absolute Gasteiger partial charge is 0.460 e. The lowest BCUT2D eigenvalue weighted by atomic mass is 9.82. The molecule has 4 saturated carbocycles. The highest BCUT2D eigenvalue weighted by atomic mass is 19.4. The third kappa shape index (κ3) is 24.3. The Kier molecular flexibility index (Phi) is 36.7. The van der Waals surface area contributed by atoms with E-state index in [9.17, 15) is 96.6 Å². The van der Waals surface area contributed by atoms with Crippen molar-refractivity contribution in [2.24, 2.45) is 71.0 Å². The van der Waals surface area contributed by atoms with Crippen molar-refractivity contribution in [3.8, 4) is 0 Å². The largest absolute Gasteiger partial charge is 0.502 e. The minimum Gasteiger partial charge on any atom is -0.502 e. The highest BCUT2D eigenvalue weighted by molar-refractivity contribution is 5.50. The standard InChI is InChI=1S/2C38H47F13O5/c1-3-53-14-13-30-22-28(24-32(30)33(39,40)34(41,42)35(43,44)36(45,46)37(47,48)38(49,50)51)10-9-27-21-29(12-11-26-7-5-4-6-8-26)31(23-27)25-56-20-19-55-18-17-54-16-15-52-2;1-3-53-14-13-30-22-28(24-32(30)33(39,40)34(41,42)35(43,44)36(45,46)37(47,48)38(49,50)51)11-12-29-21-27(10-9-26-7-5-4-6-8-26)23-31(29)25-56-20-19-55-18-17-54-16-15-52-2/h2*4-14,27-32H,3,15-25H2,1-2H3/b10-9+,12-11-,14-13-;10-9-,12-11+,14-13-. The minimum absolute atomic E-state index is 0.0260. The van der Waals surface area contributed by atoms with Gasteiger partial charge in [0.2, 0.25) is 0 Å². The normalized spacial score (nSPS) is 24.7. The van der Waals surface area contributed by atoms with Gasteiger partial charge in [-0.05, 0) is 148 Å². The van der Waals surface area contributed by atoms with E-state index in [1.54, 1.807) is 26.4 Å². The molecular formula is C76H94F26O10. The summed E-state index contributed by atoms with van der Waals surface area (Å²) in [4.78, 5) is 0. The van der Waals surface area contributed by atoms with Crippen molar-refractivity contribution in [2.45, 2.75) is 137 Å². The second-order valence-electron chi connectivity index (χ2n) is 27.6. The van der Waals surface area contributed by atoms with Gasteiger partial charge in [0, 0.05) is 26.1 Å². The van der Waals surface area contributed by atoms with Crippen molar-refractivity contribution >= 4 is 12.2 Å². The summed E-state index contributed by atoms with van der Waals surface area (Å²) in [6.45, 7) is 7.64. The first kappa shape index (κ1) is 96.9. The predicted molar refractivity (Wildman–Crippen MR) is 360 cm³/mol. The first-order valence-electron chi connectivity index (χ1n) is 36.1. The monoisotopic (exact) mass is 1660 g/mol. The van der Waals surface area contributed by atoms with Crippen LogP contribution in [0.3, 0.4) is 0 Å². The van der Waals surface area contributed by atoms with Gasteiger partial charge in [-0.25, -0.2) is 0 Å². The fraction of sp³-hybridized carbons (Fsp3) is 0.684. The Balaban J connectivity index is 0.000000400. The number of methoxy groups -OCH3 is 2. The lowest BCUT2D eigenvalue weighted by molar-refractivity contribution is -0.443. The molecule has 0 radical (unpaired) electrons. The Morgan fingerprint density at radius 2 is 0.580 bits per heavy atom. The molecule has 2 aromatic rings. The van der Waals surface area contributed by atoms with Gasteiger partial charge in [-0.2, -0.15) is 114 Å². The van der Waals surface area contributed by atoms with Crippen LogP contribution in [0.15, 0.2) is 122 Å². The first-order valence-corrected chi connectivity index (χ1v) is 36.1. The minimum atomic E-state index is -7.95. The Morgan fingerprint density at radius 3 is 0.920 bits per heavy atom. The maximum absolute atomic E-state index is 15.5. The van der Waals surface area contributed by atoms with Crippen LogP contribution in [0.5, 0.6) is 0 Å². The average Bonchev–Trinajstić information content (AvgIpc) is 0.908. The van der Waals surface area contributed by atoms with Crippen molar-refractivity contribution in [1.82, 2.24) is 0 Å². The molecule has 0 amide bonds. The summed E-state index contributed by atoms with van der Waals surface area (Å²) in [5, 5.41) is 0. The Hall–Kier alpha value is -5.66. The third-order valence-corrected chi connectivity index (χ3v) is 19.9. The molecule has 10 nitrogen and oxygen atoms in total. The van der Waals surface area contributed by atoms with Gasteiger partial charge in [-0.1, -0.05) is 109 Å². The summed E-state index contributed by atoms with van der Waals surface area (Å²) in [7, 11) is 3.10. The van der Waals surface area contributed by atoms with E-state index in [0.717, 1.165) is 35.8 Å². The van der Waals surface area contributed by atoms with Crippen LogP contribution in [0, 0.1) is 71.0 Å². The van der Waals surface area contributed by atoms with E-state index in [-0.39, 0.29) is 75.1 Å². The summed E-state index contributed by atoms with van der Waals surface area (Å²) < 4.78 is 418. The number of rotatable bonds is 46. The molecule has 36 heteroatoms. The highest BCUT2D eigenvalue weighted by Gasteiger charge is 2.93. The summed E-state index contributed by atoms with van der Waals surface area (Å²) in [5.41, 5.74) is 1.87. The highest BCUT2D eigenvalue weighted by Crippen LogP contribution is 2.66. The van der Waals surface area contributed by atoms with Crippen LogP contribution >= 0.6 is 0 Å². The number of alkyl halides is 26. The third-order valence-electron chi connectivity index (χ3n) is 19.9. The Labute approximate surface area is 632 Å². The summed E-state index contributed by atoms with van der Waals surface area (Å²) in [5.74, 6) is -86.1. The Morgan fingerprint density at radius 1 is 0.295 bits per heavy atom. The molecule has 4 aliphatic carbocycles. The average molecular weight is 1660 g/mol. The molecular weight excluding hydrogens is 1570 g/mol. The molecule has 2 aromatic carbocycles. The van der Waals surface area contributed by atoms with Gasteiger partial charge < -0.3 is 47.4 Å². The van der Waals surface area contributed by atoms with Crippen LogP contribution in [0.1, 0.15) is 76.3 Å². The molecule has 0 aliphatic heterocycles. The van der Waals surface area contributed by atoms with Crippen LogP contribution in [0.25, 0.3) is 12.2 Å². The lowest BCUT2D eigenvalue weighted by Crippen LogP contribution is -2.71. The number of hydrogen-bond donors (Lipinski definition) is 0. The van der Waals surface area contributed by atoms with E-state index in [1.807, 2.05) is 85.0 Å². The summed E-state index contributed by atoms with van der Waals surface area (Å²) in [6.07, 6.45) is 1.85. The zero-order valence-corrected chi connectivity index (χ0v) is 61.5. The molecule has 4 fully saturated rings. The Bertz CT molecular complexity index is 3220. The van der Waals surface area contributed by atoms with Crippen molar-refractivity contribution < 1.29 is 162 Å². The molecule has 0 heterocycles. The quantitative estimate of drug-likeness (QED) is 0.0276. The molecule has 0 saturated heterocycles. The zero-order chi connectivity index (χ0) is 83.7. The predicted octanol–water partition coefficient (Wildman–Crippen LogP) is 21.1. The van der Waals surface area contributed by atoms with E-state index in [1.165, 1.54) is 26.0 Å². The van der Waals surface area contributed by atoms with E-state index in [4.69, 9.17) is 47.4 Å². The van der Waals surface area contributed by atoms with Gasteiger partial charge in [-0.3, -0.25) is 0 Å². The SMILES string of the molecule is CCO/C=C\C1CC(/C=C/C2CC(/C=C\c3ccccc3)C(COCCOCCOCCOC)C2)CC1C(F)(F)C(F)(F)C(F)(F)C(F)(F)C(F)(F)C(F)(F)F.CCO/C=C\C1CC(/C=C/C2CC(/C=C\c3ccccc3)CC2COCCOCCOCCOC)CC1C(F)(F)C(F)(F)C(F)(F)C(F)(F)C(F)(F)C(F)(F)F. The number of allylic oxidation sites excluding steroid dienone is 8. The van der Waals surface area contributed by atoms with Crippen molar-refractivity contribution in [3.05, 3.63) is 133 Å². The maximum atomic E-state index is 15.5. The molecule has 4 aliphatic rings. The molecule has 0 aromatic heterocycles. The van der Waals surface area contributed by atoms with Crippen molar-refractivity contribution in [1.29, 1.82) is 0 Å². The van der Waals surface area contributed by atoms with Gasteiger partial charge >= 0.3 is 71.6 Å². The fourth-order valence-electron chi connectivity index (χ4n) is 13.8. The molecule has 112 heavy (non-hydrogen) atoms.